The molecule has 2 aromatic rings. The van der Waals surface area contributed by atoms with Crippen LogP contribution in [0.4, 0.5) is 14.5 Å². The number of methoxy groups -OCH3 is 2. The summed E-state index contributed by atoms with van der Waals surface area (Å²) in [5.74, 6) is -1.43. The number of hydrogen-bond acceptors (Lipinski definition) is 3. The van der Waals surface area contributed by atoms with Gasteiger partial charge >= 0.3 is 0 Å². The van der Waals surface area contributed by atoms with E-state index in [1.165, 1.54) is 20.3 Å². The largest absolute Gasteiger partial charge is 0.493 e. The van der Waals surface area contributed by atoms with Gasteiger partial charge in [0.1, 0.15) is 0 Å². The highest BCUT2D eigenvalue weighted by Gasteiger charge is 2.29. The van der Waals surface area contributed by atoms with Gasteiger partial charge in [0.15, 0.2) is 23.1 Å². The average Bonchev–Trinajstić information content (AvgIpc) is 2.55. The molecule has 2 aromatic carbocycles. The molecule has 0 aromatic heterocycles. The van der Waals surface area contributed by atoms with E-state index in [0.717, 1.165) is 17.7 Å². The second kappa shape index (κ2) is 5.87. The van der Waals surface area contributed by atoms with Crippen LogP contribution in [0, 0.1) is 11.6 Å². The summed E-state index contributed by atoms with van der Waals surface area (Å²) in [4.78, 5) is 12.0. The van der Waals surface area contributed by atoms with Crippen molar-refractivity contribution in [2.24, 2.45) is 0 Å². The van der Waals surface area contributed by atoms with Gasteiger partial charge in [-0.25, -0.2) is 8.78 Å². The lowest BCUT2D eigenvalue weighted by molar-refractivity contribution is -0.116. The van der Waals surface area contributed by atoms with Crippen molar-refractivity contribution in [3.05, 3.63) is 53.1 Å². The second-order valence-corrected chi connectivity index (χ2v) is 5.27. The number of fused-ring (bicyclic) bond motifs is 1. The van der Waals surface area contributed by atoms with Crippen molar-refractivity contribution in [2.45, 2.75) is 12.3 Å². The van der Waals surface area contributed by atoms with Gasteiger partial charge in [0, 0.05) is 24.1 Å². The summed E-state index contributed by atoms with van der Waals surface area (Å²) >= 11 is 0. The molecule has 120 valence electrons. The highest BCUT2D eigenvalue weighted by molar-refractivity contribution is 5.96. The molecule has 1 aliphatic heterocycles. The van der Waals surface area contributed by atoms with Gasteiger partial charge in [0.05, 0.1) is 14.2 Å². The van der Waals surface area contributed by atoms with E-state index in [1.54, 1.807) is 12.1 Å². The molecule has 1 atom stereocenters. The molecule has 0 aliphatic carbocycles. The maximum atomic E-state index is 13.6. The molecule has 3 rings (SSSR count). The Balaban J connectivity index is 2.13. The van der Waals surface area contributed by atoms with E-state index < -0.39 is 11.6 Å². The number of benzene rings is 2. The third kappa shape index (κ3) is 2.72. The molecule has 1 amide bonds. The van der Waals surface area contributed by atoms with Gasteiger partial charge in [-0.2, -0.15) is 0 Å². The maximum absolute atomic E-state index is 13.6. The number of hydrogen-bond donors (Lipinski definition) is 1. The number of carbonyl (C=O) groups is 1. The SMILES string of the molecule is COc1cc2c(cc1OC)[C@H](c1ccc(F)c(F)c1)CC(=O)N2. The van der Waals surface area contributed by atoms with Gasteiger partial charge in [-0.1, -0.05) is 6.07 Å². The Morgan fingerprint density at radius 1 is 1.04 bits per heavy atom. The van der Waals surface area contributed by atoms with E-state index in [0.29, 0.717) is 22.7 Å². The third-order valence-electron chi connectivity index (χ3n) is 3.94. The molecule has 1 aliphatic rings. The van der Waals surface area contributed by atoms with Crippen LogP contribution in [0.5, 0.6) is 11.5 Å². The lowest BCUT2D eigenvalue weighted by atomic mass is 9.84. The van der Waals surface area contributed by atoms with E-state index >= 15 is 0 Å². The van der Waals surface area contributed by atoms with E-state index in [4.69, 9.17) is 9.47 Å². The third-order valence-corrected chi connectivity index (χ3v) is 3.94. The number of amides is 1. The van der Waals surface area contributed by atoms with Crippen molar-refractivity contribution < 1.29 is 23.0 Å². The number of ether oxygens (including phenoxy) is 2. The topological polar surface area (TPSA) is 47.6 Å². The Morgan fingerprint density at radius 3 is 2.39 bits per heavy atom. The summed E-state index contributed by atoms with van der Waals surface area (Å²) in [6, 6.07) is 7.09. The Labute approximate surface area is 132 Å². The molecule has 4 nitrogen and oxygen atoms in total. The molecular formula is C17H15F2NO3. The van der Waals surface area contributed by atoms with Gasteiger partial charge < -0.3 is 14.8 Å². The van der Waals surface area contributed by atoms with Gasteiger partial charge in [-0.05, 0) is 29.3 Å². The van der Waals surface area contributed by atoms with Gasteiger partial charge in [0.25, 0.3) is 0 Å². The van der Waals surface area contributed by atoms with Crippen LogP contribution < -0.4 is 14.8 Å². The van der Waals surface area contributed by atoms with Crippen LogP contribution in [0.1, 0.15) is 23.5 Å². The zero-order valence-corrected chi connectivity index (χ0v) is 12.7. The number of halogens is 2. The summed E-state index contributed by atoms with van der Waals surface area (Å²) in [6.07, 6.45) is 0.146. The number of rotatable bonds is 3. The van der Waals surface area contributed by atoms with Crippen molar-refractivity contribution in [2.75, 3.05) is 19.5 Å². The highest BCUT2D eigenvalue weighted by atomic mass is 19.2. The quantitative estimate of drug-likeness (QED) is 0.942. The van der Waals surface area contributed by atoms with Crippen LogP contribution in [-0.4, -0.2) is 20.1 Å². The first kappa shape index (κ1) is 15.3. The van der Waals surface area contributed by atoms with Crippen molar-refractivity contribution >= 4 is 11.6 Å². The Bertz CT molecular complexity index is 777. The van der Waals surface area contributed by atoms with Crippen LogP contribution in [0.15, 0.2) is 30.3 Å². The van der Waals surface area contributed by atoms with Gasteiger partial charge in [-0.15, -0.1) is 0 Å². The molecule has 0 saturated heterocycles. The van der Waals surface area contributed by atoms with Crippen molar-refractivity contribution in [1.82, 2.24) is 0 Å². The van der Waals surface area contributed by atoms with Crippen LogP contribution in [0.25, 0.3) is 0 Å². The minimum atomic E-state index is -0.935. The second-order valence-electron chi connectivity index (χ2n) is 5.27. The van der Waals surface area contributed by atoms with Gasteiger partial charge in [-0.3, -0.25) is 4.79 Å². The summed E-state index contributed by atoms with van der Waals surface area (Å²) in [5, 5.41) is 2.77. The molecule has 23 heavy (non-hydrogen) atoms. The molecule has 0 fully saturated rings. The average molecular weight is 319 g/mol. The van der Waals surface area contributed by atoms with E-state index in [2.05, 4.69) is 5.32 Å². The lowest BCUT2D eigenvalue weighted by Gasteiger charge is -2.27. The van der Waals surface area contributed by atoms with E-state index in [1.807, 2.05) is 0 Å². The fourth-order valence-electron chi connectivity index (χ4n) is 2.81. The first-order valence-electron chi connectivity index (χ1n) is 7.04. The van der Waals surface area contributed by atoms with Crippen molar-refractivity contribution in [3.8, 4) is 11.5 Å². The molecule has 0 spiro atoms. The van der Waals surface area contributed by atoms with Crippen LogP contribution in [-0.2, 0) is 4.79 Å². The fraction of sp³-hybridized carbons (Fsp3) is 0.235. The Hall–Kier alpha value is -2.63. The zero-order valence-electron chi connectivity index (χ0n) is 12.7. The Kier molecular flexibility index (Phi) is 3.90. The zero-order chi connectivity index (χ0) is 16.6. The highest BCUT2D eigenvalue weighted by Crippen LogP contribution is 2.43. The minimum absolute atomic E-state index is 0.146. The molecule has 0 unspecified atom stereocenters. The minimum Gasteiger partial charge on any atom is -0.493 e. The number of carbonyl (C=O) groups excluding carboxylic acids is 1. The predicted octanol–water partition coefficient (Wildman–Crippen LogP) is 3.46. The van der Waals surface area contributed by atoms with Crippen LogP contribution in [0.2, 0.25) is 0 Å². The molecule has 6 heteroatoms. The summed E-state index contributed by atoms with van der Waals surface area (Å²) < 4.78 is 37.2. The van der Waals surface area contributed by atoms with Gasteiger partial charge in [0.2, 0.25) is 5.91 Å². The maximum Gasteiger partial charge on any atom is 0.225 e. The molecular weight excluding hydrogens is 304 g/mol. The van der Waals surface area contributed by atoms with E-state index in [-0.39, 0.29) is 18.2 Å². The smallest absolute Gasteiger partial charge is 0.225 e. The summed E-state index contributed by atoms with van der Waals surface area (Å²) in [5.41, 5.74) is 1.88. The lowest BCUT2D eigenvalue weighted by Crippen LogP contribution is -2.23. The first-order chi connectivity index (χ1) is 11.0. The van der Waals surface area contributed by atoms with E-state index in [9.17, 15) is 13.6 Å². The molecule has 0 radical (unpaired) electrons. The fourth-order valence-corrected chi connectivity index (χ4v) is 2.81. The standard InChI is InChI=1S/C17H15F2NO3/c1-22-15-6-11-10(9-3-4-12(18)13(19)5-9)7-17(21)20-14(11)8-16(15)23-2/h3-6,8,10H,7H2,1-2H3,(H,20,21)/t10-/m0/s1. The molecule has 1 N–H and O–H groups in total. The monoisotopic (exact) mass is 319 g/mol. The molecule has 0 bridgehead atoms. The molecule has 0 saturated carbocycles. The molecule has 1 heterocycles. The summed E-state index contributed by atoms with van der Waals surface area (Å²) in [7, 11) is 3.01. The normalized spacial score (nSPS) is 16.5. The summed E-state index contributed by atoms with van der Waals surface area (Å²) in [6.45, 7) is 0. The predicted molar refractivity (Wildman–Crippen MR) is 81.0 cm³/mol. The van der Waals surface area contributed by atoms with Crippen LogP contribution in [0.3, 0.4) is 0 Å². The van der Waals surface area contributed by atoms with Crippen molar-refractivity contribution in [3.63, 3.8) is 0 Å². The van der Waals surface area contributed by atoms with Crippen molar-refractivity contribution in [1.29, 1.82) is 0 Å². The van der Waals surface area contributed by atoms with Crippen LogP contribution >= 0.6 is 0 Å². The number of anilines is 1. The number of nitrogens with one attached hydrogen (secondary N) is 1. The first-order valence-corrected chi connectivity index (χ1v) is 7.04. The Morgan fingerprint density at radius 2 is 1.74 bits per heavy atom.